The van der Waals surface area contributed by atoms with Gasteiger partial charge in [0.1, 0.15) is 11.6 Å². The summed E-state index contributed by atoms with van der Waals surface area (Å²) in [4.78, 5) is 0. The minimum Gasteiger partial charge on any atom is -0.388 e. The maximum Gasteiger partial charge on any atom is 0.129 e. The molecule has 1 unspecified atom stereocenters. The molecular formula is C13H17F2NO2. The van der Waals surface area contributed by atoms with E-state index in [1.54, 1.807) is 0 Å². The van der Waals surface area contributed by atoms with Crippen molar-refractivity contribution in [2.24, 2.45) is 11.1 Å². The highest BCUT2D eigenvalue weighted by atomic mass is 19.1. The molecule has 1 heterocycles. The van der Waals surface area contributed by atoms with E-state index in [1.807, 2.05) is 0 Å². The summed E-state index contributed by atoms with van der Waals surface area (Å²) in [5.74, 6) is -1.17. The molecule has 1 aromatic carbocycles. The lowest BCUT2D eigenvalue weighted by atomic mass is 9.73. The number of hydrogen-bond acceptors (Lipinski definition) is 3. The van der Waals surface area contributed by atoms with E-state index in [0.29, 0.717) is 26.1 Å². The van der Waals surface area contributed by atoms with Crippen molar-refractivity contribution in [3.63, 3.8) is 0 Å². The van der Waals surface area contributed by atoms with Gasteiger partial charge in [0, 0.05) is 30.7 Å². The highest BCUT2D eigenvalue weighted by Gasteiger charge is 2.40. The Morgan fingerprint density at radius 1 is 1.33 bits per heavy atom. The van der Waals surface area contributed by atoms with Gasteiger partial charge in [0.15, 0.2) is 0 Å². The third-order valence-corrected chi connectivity index (χ3v) is 3.73. The monoisotopic (exact) mass is 257 g/mol. The average Bonchev–Trinajstić information content (AvgIpc) is 2.41. The van der Waals surface area contributed by atoms with Gasteiger partial charge in [-0.2, -0.15) is 0 Å². The van der Waals surface area contributed by atoms with Gasteiger partial charge in [0.25, 0.3) is 0 Å². The first kappa shape index (κ1) is 13.4. The van der Waals surface area contributed by atoms with Gasteiger partial charge in [-0.15, -0.1) is 0 Å². The number of aliphatic hydroxyl groups excluding tert-OH is 1. The summed E-state index contributed by atoms with van der Waals surface area (Å²) in [6, 6.07) is 3.09. The van der Waals surface area contributed by atoms with E-state index in [0.717, 1.165) is 18.2 Å². The van der Waals surface area contributed by atoms with Crippen molar-refractivity contribution < 1.29 is 18.6 Å². The Balaban J connectivity index is 2.33. The Bertz CT molecular complexity index is 419. The van der Waals surface area contributed by atoms with Crippen LogP contribution < -0.4 is 5.73 Å². The van der Waals surface area contributed by atoms with Crippen molar-refractivity contribution in [3.8, 4) is 0 Å². The van der Waals surface area contributed by atoms with E-state index >= 15 is 0 Å². The molecule has 1 fully saturated rings. The zero-order valence-corrected chi connectivity index (χ0v) is 10.0. The number of benzene rings is 1. The van der Waals surface area contributed by atoms with Crippen LogP contribution in [0.5, 0.6) is 0 Å². The van der Waals surface area contributed by atoms with Crippen LogP contribution in [0.1, 0.15) is 24.5 Å². The molecule has 0 amide bonds. The van der Waals surface area contributed by atoms with Crippen molar-refractivity contribution in [1.82, 2.24) is 0 Å². The van der Waals surface area contributed by atoms with Crippen molar-refractivity contribution in [2.45, 2.75) is 18.9 Å². The third-order valence-electron chi connectivity index (χ3n) is 3.73. The lowest BCUT2D eigenvalue weighted by molar-refractivity contribution is -0.0594. The van der Waals surface area contributed by atoms with E-state index in [-0.39, 0.29) is 12.1 Å². The van der Waals surface area contributed by atoms with Gasteiger partial charge in [-0.1, -0.05) is 0 Å². The molecule has 3 N–H and O–H groups in total. The van der Waals surface area contributed by atoms with Crippen molar-refractivity contribution in [3.05, 3.63) is 35.4 Å². The molecule has 0 aliphatic carbocycles. The molecule has 0 spiro atoms. The first-order chi connectivity index (χ1) is 8.59. The lowest BCUT2D eigenvalue weighted by Crippen LogP contribution is -2.42. The predicted molar refractivity (Wildman–Crippen MR) is 62.9 cm³/mol. The van der Waals surface area contributed by atoms with Crippen LogP contribution in [-0.2, 0) is 4.74 Å². The molecule has 0 radical (unpaired) electrons. The first-order valence-electron chi connectivity index (χ1n) is 6.00. The first-order valence-corrected chi connectivity index (χ1v) is 6.00. The topological polar surface area (TPSA) is 55.5 Å². The molecule has 5 heteroatoms. The average molecular weight is 257 g/mol. The number of halogens is 2. The second-order valence-corrected chi connectivity index (χ2v) is 4.75. The van der Waals surface area contributed by atoms with Crippen LogP contribution in [-0.4, -0.2) is 24.9 Å². The van der Waals surface area contributed by atoms with Gasteiger partial charge in [0.05, 0.1) is 6.10 Å². The molecule has 1 atom stereocenters. The molecule has 1 aliphatic rings. The van der Waals surface area contributed by atoms with Gasteiger partial charge >= 0.3 is 0 Å². The smallest absolute Gasteiger partial charge is 0.129 e. The third kappa shape index (κ3) is 2.39. The van der Waals surface area contributed by atoms with Crippen LogP contribution >= 0.6 is 0 Å². The molecule has 0 saturated carbocycles. The van der Waals surface area contributed by atoms with Crippen LogP contribution in [0.2, 0.25) is 0 Å². The van der Waals surface area contributed by atoms with Crippen LogP contribution in [0.3, 0.4) is 0 Å². The predicted octanol–water partition coefficient (Wildman–Crippen LogP) is 1.75. The molecule has 2 rings (SSSR count). The maximum absolute atomic E-state index is 13.7. The van der Waals surface area contributed by atoms with Crippen molar-refractivity contribution in [1.29, 1.82) is 0 Å². The quantitative estimate of drug-likeness (QED) is 0.867. The minimum atomic E-state index is -1.11. The normalized spacial score (nSPS) is 20.7. The fourth-order valence-electron chi connectivity index (χ4n) is 2.42. The Labute approximate surface area is 105 Å². The SMILES string of the molecule is NCC1(C(O)c2cc(F)ccc2F)CCOCC1. The van der Waals surface area contributed by atoms with Crippen LogP contribution in [0.4, 0.5) is 8.78 Å². The molecule has 1 saturated heterocycles. The summed E-state index contributed by atoms with van der Waals surface area (Å²) in [6.45, 7) is 1.17. The summed E-state index contributed by atoms with van der Waals surface area (Å²) in [7, 11) is 0. The molecule has 1 aromatic rings. The molecule has 100 valence electrons. The van der Waals surface area contributed by atoms with E-state index in [9.17, 15) is 13.9 Å². The maximum atomic E-state index is 13.7. The fraction of sp³-hybridized carbons (Fsp3) is 0.538. The molecule has 0 aromatic heterocycles. The summed E-state index contributed by atoms with van der Waals surface area (Å²) < 4.78 is 32.1. The van der Waals surface area contributed by atoms with Gasteiger partial charge < -0.3 is 15.6 Å². The number of hydrogen-bond donors (Lipinski definition) is 2. The van der Waals surface area contributed by atoms with Crippen molar-refractivity contribution in [2.75, 3.05) is 19.8 Å². The Hall–Kier alpha value is -1.04. The molecule has 1 aliphatic heterocycles. The summed E-state index contributed by atoms with van der Waals surface area (Å²) in [5.41, 5.74) is 5.08. The second-order valence-electron chi connectivity index (χ2n) is 4.75. The minimum absolute atomic E-state index is 0.0256. The van der Waals surface area contributed by atoms with Crippen LogP contribution in [0.15, 0.2) is 18.2 Å². The summed E-state index contributed by atoms with van der Waals surface area (Å²) in [5, 5.41) is 10.4. The van der Waals surface area contributed by atoms with Crippen LogP contribution in [0.25, 0.3) is 0 Å². The number of nitrogens with two attached hydrogens (primary N) is 1. The zero-order chi connectivity index (χ0) is 13.2. The number of ether oxygens (including phenoxy) is 1. The molecule has 0 bridgehead atoms. The standard InChI is InChI=1S/C13H17F2NO2/c14-9-1-2-11(15)10(7-9)12(17)13(8-16)3-5-18-6-4-13/h1-2,7,12,17H,3-6,8,16H2. The van der Waals surface area contributed by atoms with Gasteiger partial charge in [-0.3, -0.25) is 0 Å². The second kappa shape index (κ2) is 5.30. The van der Waals surface area contributed by atoms with Crippen LogP contribution in [0, 0.1) is 17.0 Å². The zero-order valence-electron chi connectivity index (χ0n) is 10.0. The molecule has 18 heavy (non-hydrogen) atoms. The van der Waals surface area contributed by atoms with Gasteiger partial charge in [-0.25, -0.2) is 8.78 Å². The highest BCUT2D eigenvalue weighted by molar-refractivity contribution is 5.23. The Morgan fingerprint density at radius 2 is 2.00 bits per heavy atom. The van der Waals surface area contributed by atoms with Gasteiger partial charge in [-0.05, 0) is 31.0 Å². The number of aliphatic hydroxyl groups is 1. The highest BCUT2D eigenvalue weighted by Crippen LogP contribution is 2.42. The van der Waals surface area contributed by atoms with Crippen molar-refractivity contribution >= 4 is 0 Å². The van der Waals surface area contributed by atoms with E-state index < -0.39 is 23.2 Å². The van der Waals surface area contributed by atoms with E-state index in [1.165, 1.54) is 0 Å². The van der Waals surface area contributed by atoms with Gasteiger partial charge in [0.2, 0.25) is 0 Å². The summed E-state index contributed by atoms with van der Waals surface area (Å²) in [6.07, 6.45) is -0.0246. The number of rotatable bonds is 3. The molecule has 3 nitrogen and oxygen atoms in total. The van der Waals surface area contributed by atoms with E-state index in [4.69, 9.17) is 10.5 Å². The fourth-order valence-corrected chi connectivity index (χ4v) is 2.42. The molecular weight excluding hydrogens is 240 g/mol. The Kier molecular flexibility index (Phi) is 3.94. The Morgan fingerprint density at radius 3 is 2.61 bits per heavy atom. The summed E-state index contributed by atoms with van der Waals surface area (Å²) >= 11 is 0. The van der Waals surface area contributed by atoms with E-state index in [2.05, 4.69) is 0 Å². The largest absolute Gasteiger partial charge is 0.388 e. The lowest BCUT2D eigenvalue weighted by Gasteiger charge is -2.40.